The predicted molar refractivity (Wildman–Crippen MR) is 168 cm³/mol. The van der Waals surface area contributed by atoms with E-state index in [1.165, 1.54) is 6.21 Å². The molecule has 0 atom stereocenters. The summed E-state index contributed by atoms with van der Waals surface area (Å²) in [6.07, 6.45) is 1.43. The van der Waals surface area contributed by atoms with Crippen LogP contribution in [0.1, 0.15) is 38.9 Å². The van der Waals surface area contributed by atoms with Crippen LogP contribution in [0.15, 0.2) is 99.0 Å². The molecule has 1 amide bonds. The number of ether oxygens (including phenoxy) is 2. The molecule has 4 aromatic carbocycles. The van der Waals surface area contributed by atoms with E-state index in [0.29, 0.717) is 33.6 Å². The number of amides is 1. The van der Waals surface area contributed by atoms with Gasteiger partial charge in [0.2, 0.25) is 0 Å². The van der Waals surface area contributed by atoms with Gasteiger partial charge in [-0.25, -0.2) is 10.2 Å². The van der Waals surface area contributed by atoms with Crippen molar-refractivity contribution in [2.24, 2.45) is 5.10 Å². The van der Waals surface area contributed by atoms with E-state index in [4.69, 9.17) is 9.47 Å². The zero-order chi connectivity index (χ0) is 28.9. The van der Waals surface area contributed by atoms with Crippen LogP contribution in [0.4, 0.5) is 0 Å². The number of hydrazone groups is 1. The maximum atomic E-state index is 13.4. The average Bonchev–Trinajstić information content (AvgIpc) is 3.34. The highest BCUT2D eigenvalue weighted by Gasteiger charge is 2.20. The van der Waals surface area contributed by atoms with Crippen LogP contribution in [0.3, 0.4) is 0 Å². The summed E-state index contributed by atoms with van der Waals surface area (Å²) in [5.74, 6) is 0.0511. The second kappa shape index (κ2) is 12.5. The average molecular weight is 675 g/mol. The highest BCUT2D eigenvalue weighted by atomic mass is 79.9. The number of esters is 1. The standard InChI is InChI=1S/C32H25Br2N3O4/c1-3-40-24-13-14-27-25(17-24)28(20-7-5-4-6-8-20)29(36-27)31(38)37-35-18-22-15-23(33)16-26(34)30(22)41-32(39)21-11-9-19(2)10-12-21/h4-18,36H,3H2,1-2H3,(H,37,38). The van der Waals surface area contributed by atoms with Gasteiger partial charge in [-0.3, -0.25) is 4.79 Å². The lowest BCUT2D eigenvalue weighted by Crippen LogP contribution is -2.19. The van der Waals surface area contributed by atoms with Crippen molar-refractivity contribution in [1.82, 2.24) is 10.4 Å². The summed E-state index contributed by atoms with van der Waals surface area (Å²) in [5, 5.41) is 5.06. The summed E-state index contributed by atoms with van der Waals surface area (Å²) in [5.41, 5.74) is 7.32. The van der Waals surface area contributed by atoms with Crippen molar-refractivity contribution in [3.05, 3.63) is 116 Å². The Kier molecular flexibility index (Phi) is 8.66. The minimum atomic E-state index is -0.510. The maximum Gasteiger partial charge on any atom is 0.343 e. The van der Waals surface area contributed by atoms with E-state index in [1.807, 2.05) is 74.5 Å². The van der Waals surface area contributed by atoms with Crippen LogP contribution < -0.4 is 14.9 Å². The third-order valence-electron chi connectivity index (χ3n) is 6.26. The Bertz CT molecular complexity index is 1760. The zero-order valence-corrected chi connectivity index (χ0v) is 25.4. The van der Waals surface area contributed by atoms with Crippen molar-refractivity contribution in [2.75, 3.05) is 6.61 Å². The fourth-order valence-electron chi connectivity index (χ4n) is 4.34. The SMILES string of the molecule is CCOc1ccc2[nH]c(C(=O)NN=Cc3cc(Br)cc(Br)c3OC(=O)c3ccc(C)cc3)c(-c3ccccc3)c2c1. The molecule has 0 aliphatic carbocycles. The summed E-state index contributed by atoms with van der Waals surface area (Å²) in [6.45, 7) is 4.40. The minimum Gasteiger partial charge on any atom is -0.494 e. The summed E-state index contributed by atoms with van der Waals surface area (Å²) < 4.78 is 12.7. The van der Waals surface area contributed by atoms with Crippen LogP contribution in [0, 0.1) is 6.92 Å². The van der Waals surface area contributed by atoms with E-state index in [0.717, 1.165) is 32.1 Å². The molecule has 0 bridgehead atoms. The number of hydrogen-bond donors (Lipinski definition) is 2. The van der Waals surface area contributed by atoms with E-state index in [2.05, 4.69) is 47.4 Å². The number of carbonyl (C=O) groups excluding carboxylic acids is 2. The first-order valence-corrected chi connectivity index (χ1v) is 14.4. The molecule has 0 aliphatic rings. The van der Waals surface area contributed by atoms with Gasteiger partial charge in [0.15, 0.2) is 5.75 Å². The number of rotatable bonds is 8. The summed E-state index contributed by atoms with van der Waals surface area (Å²) in [6, 6.07) is 25.9. The van der Waals surface area contributed by atoms with Crippen molar-refractivity contribution in [2.45, 2.75) is 13.8 Å². The van der Waals surface area contributed by atoms with Crippen LogP contribution in [-0.4, -0.2) is 29.7 Å². The van der Waals surface area contributed by atoms with Crippen molar-refractivity contribution in [3.8, 4) is 22.6 Å². The third kappa shape index (κ3) is 6.42. The van der Waals surface area contributed by atoms with Crippen molar-refractivity contribution < 1.29 is 19.1 Å². The Balaban J connectivity index is 1.44. The number of benzene rings is 4. The minimum absolute atomic E-state index is 0.274. The van der Waals surface area contributed by atoms with E-state index in [1.54, 1.807) is 24.3 Å². The molecule has 7 nitrogen and oxygen atoms in total. The van der Waals surface area contributed by atoms with E-state index < -0.39 is 11.9 Å². The Morgan fingerprint density at radius 2 is 1.73 bits per heavy atom. The number of hydrogen-bond acceptors (Lipinski definition) is 5. The normalized spacial score (nSPS) is 11.1. The molecule has 0 fully saturated rings. The van der Waals surface area contributed by atoms with Crippen LogP contribution in [0.2, 0.25) is 0 Å². The van der Waals surface area contributed by atoms with Gasteiger partial charge >= 0.3 is 5.97 Å². The molecular formula is C32H25Br2N3O4. The van der Waals surface area contributed by atoms with E-state index in [9.17, 15) is 9.59 Å². The number of nitrogens with one attached hydrogen (secondary N) is 2. The van der Waals surface area contributed by atoms with E-state index in [-0.39, 0.29) is 5.75 Å². The van der Waals surface area contributed by atoms with Gasteiger partial charge in [-0.05, 0) is 77.8 Å². The number of aromatic amines is 1. The van der Waals surface area contributed by atoms with Gasteiger partial charge in [-0.1, -0.05) is 64.0 Å². The Morgan fingerprint density at radius 1 is 0.976 bits per heavy atom. The van der Waals surface area contributed by atoms with Crippen molar-refractivity contribution in [1.29, 1.82) is 0 Å². The molecule has 0 radical (unpaired) electrons. The molecular weight excluding hydrogens is 650 g/mol. The topological polar surface area (TPSA) is 92.8 Å². The number of aromatic nitrogens is 1. The number of aryl methyl sites for hydroxylation is 1. The van der Waals surface area contributed by atoms with Gasteiger partial charge in [0, 0.05) is 26.5 Å². The highest BCUT2D eigenvalue weighted by molar-refractivity contribution is 9.11. The van der Waals surface area contributed by atoms with Gasteiger partial charge in [-0.2, -0.15) is 5.10 Å². The largest absolute Gasteiger partial charge is 0.494 e. The second-order valence-electron chi connectivity index (χ2n) is 9.14. The molecule has 41 heavy (non-hydrogen) atoms. The van der Waals surface area contributed by atoms with Crippen LogP contribution >= 0.6 is 31.9 Å². The van der Waals surface area contributed by atoms with Crippen molar-refractivity contribution in [3.63, 3.8) is 0 Å². The first kappa shape index (κ1) is 28.3. The molecule has 0 spiro atoms. The monoisotopic (exact) mass is 673 g/mol. The zero-order valence-electron chi connectivity index (χ0n) is 22.2. The van der Waals surface area contributed by atoms with Crippen LogP contribution in [0.5, 0.6) is 11.5 Å². The predicted octanol–water partition coefficient (Wildman–Crippen LogP) is 8.05. The van der Waals surface area contributed by atoms with E-state index >= 15 is 0 Å². The molecule has 206 valence electrons. The molecule has 5 aromatic rings. The Hall–Kier alpha value is -4.21. The van der Waals surface area contributed by atoms with Gasteiger partial charge in [0.1, 0.15) is 11.4 Å². The summed E-state index contributed by atoms with van der Waals surface area (Å²) in [7, 11) is 0. The molecule has 1 heterocycles. The van der Waals surface area contributed by atoms with Crippen LogP contribution in [0.25, 0.3) is 22.0 Å². The molecule has 9 heteroatoms. The van der Waals surface area contributed by atoms with Gasteiger partial charge in [0.05, 0.1) is 22.9 Å². The van der Waals surface area contributed by atoms with Crippen molar-refractivity contribution >= 4 is 60.9 Å². The molecule has 2 N–H and O–H groups in total. The quantitative estimate of drug-likeness (QED) is 0.0754. The van der Waals surface area contributed by atoms with Gasteiger partial charge in [0.25, 0.3) is 5.91 Å². The Labute approximate surface area is 253 Å². The lowest BCUT2D eigenvalue weighted by molar-refractivity contribution is 0.0733. The number of fused-ring (bicyclic) bond motifs is 1. The lowest BCUT2D eigenvalue weighted by Gasteiger charge is -2.11. The second-order valence-corrected chi connectivity index (χ2v) is 10.9. The summed E-state index contributed by atoms with van der Waals surface area (Å²) in [4.78, 5) is 29.5. The fraction of sp³-hybridized carbons (Fsp3) is 0.0938. The van der Waals surface area contributed by atoms with Gasteiger partial charge < -0.3 is 14.5 Å². The number of H-pyrrole nitrogens is 1. The molecule has 5 rings (SSSR count). The lowest BCUT2D eigenvalue weighted by atomic mass is 10.0. The number of carbonyl (C=O) groups is 2. The smallest absolute Gasteiger partial charge is 0.343 e. The van der Waals surface area contributed by atoms with Gasteiger partial charge in [-0.15, -0.1) is 0 Å². The maximum absolute atomic E-state index is 13.4. The fourth-order valence-corrected chi connectivity index (χ4v) is 5.68. The third-order valence-corrected chi connectivity index (χ3v) is 7.31. The first-order valence-electron chi connectivity index (χ1n) is 12.8. The molecule has 0 saturated heterocycles. The first-order chi connectivity index (χ1) is 19.8. The molecule has 0 aliphatic heterocycles. The number of nitrogens with zero attached hydrogens (tertiary/aromatic N) is 1. The summed E-state index contributed by atoms with van der Waals surface area (Å²) >= 11 is 6.93. The van der Waals surface area contributed by atoms with Crippen LogP contribution in [-0.2, 0) is 0 Å². The molecule has 0 saturated carbocycles. The highest BCUT2D eigenvalue weighted by Crippen LogP contribution is 2.35. The number of halogens is 2. The Morgan fingerprint density at radius 3 is 2.46 bits per heavy atom. The molecule has 0 unspecified atom stereocenters. The molecule has 1 aromatic heterocycles.